The second-order valence-electron chi connectivity index (χ2n) is 6.89. The second-order valence-corrected chi connectivity index (χ2v) is 6.89. The van der Waals surface area contributed by atoms with Crippen molar-refractivity contribution >= 4 is 23.1 Å². The molecule has 156 valence electrons. The maximum atomic E-state index is 13.2. The summed E-state index contributed by atoms with van der Waals surface area (Å²) in [5.74, 6) is -0.962. The van der Waals surface area contributed by atoms with E-state index in [1.807, 2.05) is 30.3 Å². The monoisotopic (exact) mass is 419 g/mol. The Balaban J connectivity index is 1.58. The summed E-state index contributed by atoms with van der Waals surface area (Å²) in [6.07, 6.45) is 1.72. The van der Waals surface area contributed by atoms with E-state index >= 15 is 0 Å². The van der Waals surface area contributed by atoms with Crippen molar-refractivity contribution in [3.63, 3.8) is 0 Å². The van der Waals surface area contributed by atoms with E-state index in [-0.39, 0.29) is 11.9 Å². The number of aromatic nitrogens is 3. The number of nitrogens with one attached hydrogen (secondary N) is 1. The van der Waals surface area contributed by atoms with Gasteiger partial charge in [0, 0.05) is 6.42 Å². The van der Waals surface area contributed by atoms with Crippen molar-refractivity contribution in [1.82, 2.24) is 20.4 Å². The first-order valence-electron chi connectivity index (χ1n) is 9.48. The molecule has 0 saturated heterocycles. The van der Waals surface area contributed by atoms with Gasteiger partial charge in [0.1, 0.15) is 23.4 Å². The van der Waals surface area contributed by atoms with Crippen LogP contribution in [0.15, 0.2) is 69.0 Å². The molecule has 0 bridgehead atoms. The van der Waals surface area contributed by atoms with Gasteiger partial charge in [0.05, 0.1) is 11.9 Å². The second kappa shape index (κ2) is 8.70. The number of aryl methyl sites for hydroxylation is 1. The van der Waals surface area contributed by atoms with E-state index in [0.717, 1.165) is 10.2 Å². The van der Waals surface area contributed by atoms with Gasteiger partial charge in [0.2, 0.25) is 0 Å². The molecule has 4 aromatic rings. The van der Waals surface area contributed by atoms with Crippen molar-refractivity contribution in [3.05, 3.63) is 93.3 Å². The van der Waals surface area contributed by atoms with Crippen LogP contribution in [-0.2, 0) is 17.8 Å². The summed E-state index contributed by atoms with van der Waals surface area (Å²) < 4.78 is 19.6. The Morgan fingerprint density at radius 2 is 2.03 bits per heavy atom. The Morgan fingerprint density at radius 1 is 1.23 bits per heavy atom. The first kappa shape index (κ1) is 20.1. The summed E-state index contributed by atoms with van der Waals surface area (Å²) in [5.41, 5.74) is 4.54. The van der Waals surface area contributed by atoms with E-state index in [4.69, 9.17) is 4.52 Å². The third-order valence-electron chi connectivity index (χ3n) is 4.57. The van der Waals surface area contributed by atoms with Crippen molar-refractivity contribution < 1.29 is 13.7 Å². The molecule has 2 aromatic heterocycles. The fourth-order valence-corrected chi connectivity index (χ4v) is 3.13. The molecule has 0 radical (unpaired) electrons. The normalized spacial score (nSPS) is 11.3. The number of hydrogen-bond acceptors (Lipinski definition) is 6. The van der Waals surface area contributed by atoms with E-state index in [1.165, 1.54) is 24.4 Å². The standard InChI is InChI=1S/C22H18FN5O3/c1-14-20-21(31-27-14)18(11-15-6-3-2-4-7-15)26-28(22(20)30)13-19(29)25-24-12-16-8-5-9-17(23)10-16/h2-10,12H,11,13H2,1H3,(H,25,29)/b24-12-. The van der Waals surface area contributed by atoms with Crippen LogP contribution in [0.3, 0.4) is 0 Å². The predicted octanol–water partition coefficient (Wildman–Crippen LogP) is 2.57. The number of fused-ring (bicyclic) bond motifs is 1. The lowest BCUT2D eigenvalue weighted by Gasteiger charge is -2.07. The van der Waals surface area contributed by atoms with Crippen molar-refractivity contribution in [1.29, 1.82) is 0 Å². The molecule has 31 heavy (non-hydrogen) atoms. The zero-order valence-electron chi connectivity index (χ0n) is 16.6. The molecule has 0 unspecified atom stereocenters. The van der Waals surface area contributed by atoms with Crippen LogP contribution in [0, 0.1) is 12.7 Å². The highest BCUT2D eigenvalue weighted by Crippen LogP contribution is 2.19. The number of amides is 1. The molecule has 2 heterocycles. The van der Waals surface area contributed by atoms with Crippen LogP contribution in [0.5, 0.6) is 0 Å². The van der Waals surface area contributed by atoms with E-state index in [0.29, 0.717) is 29.0 Å². The summed E-state index contributed by atoms with van der Waals surface area (Å²) in [7, 11) is 0. The molecule has 0 aliphatic heterocycles. The van der Waals surface area contributed by atoms with Gasteiger partial charge in [-0.3, -0.25) is 9.59 Å². The number of carbonyl (C=O) groups is 1. The van der Waals surface area contributed by atoms with Crippen LogP contribution in [0.25, 0.3) is 11.0 Å². The van der Waals surface area contributed by atoms with Crippen molar-refractivity contribution in [2.24, 2.45) is 5.10 Å². The Kier molecular flexibility index (Phi) is 5.65. The van der Waals surface area contributed by atoms with Crippen molar-refractivity contribution in [3.8, 4) is 0 Å². The number of hydrogen-bond donors (Lipinski definition) is 1. The molecule has 0 aliphatic carbocycles. The molecular formula is C22H18FN5O3. The quantitative estimate of drug-likeness (QED) is 0.382. The summed E-state index contributed by atoms with van der Waals surface area (Å²) in [6, 6.07) is 15.3. The van der Waals surface area contributed by atoms with Gasteiger partial charge in [-0.05, 0) is 30.2 Å². The maximum Gasteiger partial charge on any atom is 0.280 e. The van der Waals surface area contributed by atoms with Gasteiger partial charge >= 0.3 is 0 Å². The average molecular weight is 419 g/mol. The largest absolute Gasteiger partial charge is 0.354 e. The number of nitrogens with zero attached hydrogens (tertiary/aromatic N) is 4. The third-order valence-corrected chi connectivity index (χ3v) is 4.57. The Bertz CT molecular complexity index is 1330. The van der Waals surface area contributed by atoms with Crippen molar-refractivity contribution in [2.45, 2.75) is 19.9 Å². The van der Waals surface area contributed by atoms with Crippen LogP contribution < -0.4 is 11.0 Å². The lowest BCUT2D eigenvalue weighted by atomic mass is 10.1. The number of carbonyl (C=O) groups excluding carboxylic acids is 1. The molecule has 9 heteroatoms. The number of rotatable bonds is 6. The zero-order valence-corrected chi connectivity index (χ0v) is 16.6. The highest BCUT2D eigenvalue weighted by molar-refractivity contribution is 5.83. The molecule has 0 aliphatic rings. The van der Waals surface area contributed by atoms with Gasteiger partial charge in [-0.25, -0.2) is 14.5 Å². The van der Waals surface area contributed by atoms with Gasteiger partial charge < -0.3 is 4.52 Å². The lowest BCUT2D eigenvalue weighted by molar-refractivity contribution is -0.121. The van der Waals surface area contributed by atoms with Gasteiger partial charge in [0.25, 0.3) is 11.5 Å². The van der Waals surface area contributed by atoms with Gasteiger partial charge in [0.15, 0.2) is 5.58 Å². The molecular weight excluding hydrogens is 401 g/mol. The van der Waals surface area contributed by atoms with E-state index in [2.05, 4.69) is 20.8 Å². The number of benzene rings is 2. The van der Waals surface area contributed by atoms with Crippen molar-refractivity contribution in [2.75, 3.05) is 0 Å². The zero-order chi connectivity index (χ0) is 21.8. The molecule has 0 saturated carbocycles. The minimum Gasteiger partial charge on any atom is -0.354 e. The predicted molar refractivity (Wildman–Crippen MR) is 112 cm³/mol. The van der Waals surface area contributed by atoms with Crippen LogP contribution >= 0.6 is 0 Å². The Morgan fingerprint density at radius 3 is 2.81 bits per heavy atom. The van der Waals surface area contributed by atoms with Crippen LogP contribution in [-0.4, -0.2) is 27.1 Å². The van der Waals surface area contributed by atoms with Crippen LogP contribution in [0.1, 0.15) is 22.5 Å². The SMILES string of the molecule is Cc1noc2c(Cc3ccccc3)nn(CC(=O)N/N=C\c3cccc(F)c3)c(=O)c12. The summed E-state index contributed by atoms with van der Waals surface area (Å²) in [6.45, 7) is 1.31. The van der Waals surface area contributed by atoms with Gasteiger partial charge in [-0.1, -0.05) is 47.6 Å². The molecule has 0 spiro atoms. The maximum absolute atomic E-state index is 13.2. The first-order valence-corrected chi connectivity index (χ1v) is 9.48. The molecule has 4 rings (SSSR count). The highest BCUT2D eigenvalue weighted by Gasteiger charge is 2.19. The first-order chi connectivity index (χ1) is 15.0. The molecule has 2 aromatic carbocycles. The number of halogens is 1. The third kappa shape index (κ3) is 4.55. The van der Waals surface area contributed by atoms with Crippen LogP contribution in [0.2, 0.25) is 0 Å². The highest BCUT2D eigenvalue weighted by atomic mass is 19.1. The molecule has 1 amide bonds. The fourth-order valence-electron chi connectivity index (χ4n) is 3.13. The smallest absolute Gasteiger partial charge is 0.280 e. The van der Waals surface area contributed by atoms with Gasteiger partial charge in [-0.15, -0.1) is 0 Å². The summed E-state index contributed by atoms with van der Waals surface area (Å²) in [5, 5.41) is 12.3. The molecule has 8 nitrogen and oxygen atoms in total. The lowest BCUT2D eigenvalue weighted by Crippen LogP contribution is -2.32. The van der Waals surface area contributed by atoms with E-state index in [9.17, 15) is 14.0 Å². The minimum absolute atomic E-state index is 0.289. The Labute approximate surface area is 176 Å². The van der Waals surface area contributed by atoms with E-state index < -0.39 is 17.3 Å². The fraction of sp³-hybridized carbons (Fsp3) is 0.136. The topological polar surface area (TPSA) is 102 Å². The Hall–Kier alpha value is -4.14. The minimum atomic E-state index is -0.554. The summed E-state index contributed by atoms with van der Waals surface area (Å²) >= 11 is 0. The van der Waals surface area contributed by atoms with Gasteiger partial charge in [-0.2, -0.15) is 10.2 Å². The molecule has 0 fully saturated rings. The number of hydrazone groups is 1. The molecule has 1 N–H and O–H groups in total. The van der Waals surface area contributed by atoms with Crippen LogP contribution in [0.4, 0.5) is 4.39 Å². The van der Waals surface area contributed by atoms with E-state index in [1.54, 1.807) is 13.0 Å². The average Bonchev–Trinajstić information content (AvgIpc) is 3.14. The summed E-state index contributed by atoms with van der Waals surface area (Å²) in [4.78, 5) is 25.1. The molecule has 0 atom stereocenters.